The third-order valence-electron chi connectivity index (χ3n) is 4.06. The van der Waals surface area contributed by atoms with Gasteiger partial charge in [-0.1, -0.05) is 12.8 Å². The minimum atomic E-state index is -0.788. The van der Waals surface area contributed by atoms with E-state index in [9.17, 15) is 14.7 Å². The molecule has 0 bridgehead atoms. The molecule has 1 saturated carbocycles. The first-order valence-corrected chi connectivity index (χ1v) is 7.47. The third-order valence-corrected chi connectivity index (χ3v) is 4.06. The minimum Gasteiger partial charge on any atom is -0.481 e. The van der Waals surface area contributed by atoms with Crippen LogP contribution >= 0.6 is 0 Å². The molecule has 2 rings (SSSR count). The second-order valence-electron chi connectivity index (χ2n) is 7.10. The van der Waals surface area contributed by atoms with Crippen molar-refractivity contribution in [1.29, 1.82) is 0 Å². The van der Waals surface area contributed by atoms with E-state index in [4.69, 9.17) is 4.74 Å². The van der Waals surface area contributed by atoms with Crippen LogP contribution in [0.2, 0.25) is 0 Å². The molecule has 0 unspecified atom stereocenters. The highest BCUT2D eigenvalue weighted by molar-refractivity contribution is 5.73. The van der Waals surface area contributed by atoms with E-state index in [2.05, 4.69) is 0 Å². The predicted molar refractivity (Wildman–Crippen MR) is 74.4 cm³/mol. The Morgan fingerprint density at radius 3 is 2.40 bits per heavy atom. The SMILES string of the molecule is CC(C)(C)OC(=O)N1CC[C@H](CC2CC2)[C@H](C(=O)O)C1. The van der Waals surface area contributed by atoms with Crippen LogP contribution in [0.3, 0.4) is 0 Å². The van der Waals surface area contributed by atoms with Gasteiger partial charge in [0.1, 0.15) is 5.60 Å². The van der Waals surface area contributed by atoms with E-state index in [0.29, 0.717) is 6.54 Å². The maximum absolute atomic E-state index is 12.0. The Morgan fingerprint density at radius 2 is 1.90 bits per heavy atom. The molecule has 1 amide bonds. The van der Waals surface area contributed by atoms with Crippen LogP contribution in [0.5, 0.6) is 0 Å². The maximum atomic E-state index is 12.0. The maximum Gasteiger partial charge on any atom is 0.410 e. The Morgan fingerprint density at radius 1 is 1.25 bits per heavy atom. The molecule has 0 radical (unpaired) electrons. The van der Waals surface area contributed by atoms with E-state index in [1.807, 2.05) is 20.8 Å². The molecule has 2 atom stereocenters. The number of carboxylic acids is 1. The van der Waals surface area contributed by atoms with Gasteiger partial charge in [0.25, 0.3) is 0 Å². The fourth-order valence-corrected chi connectivity index (χ4v) is 2.84. The molecule has 1 aliphatic heterocycles. The monoisotopic (exact) mass is 283 g/mol. The molecule has 0 aromatic carbocycles. The van der Waals surface area contributed by atoms with Gasteiger partial charge in [0.15, 0.2) is 0 Å². The van der Waals surface area contributed by atoms with Crippen molar-refractivity contribution in [3.63, 3.8) is 0 Å². The number of piperidine rings is 1. The summed E-state index contributed by atoms with van der Waals surface area (Å²) in [6, 6.07) is 0. The zero-order valence-electron chi connectivity index (χ0n) is 12.6. The van der Waals surface area contributed by atoms with Crippen LogP contribution in [-0.4, -0.2) is 40.8 Å². The summed E-state index contributed by atoms with van der Waals surface area (Å²) >= 11 is 0. The Hall–Kier alpha value is -1.26. The van der Waals surface area contributed by atoms with Crippen molar-refractivity contribution >= 4 is 12.1 Å². The van der Waals surface area contributed by atoms with Crippen molar-refractivity contribution in [2.75, 3.05) is 13.1 Å². The number of carbonyl (C=O) groups is 2. The first kappa shape index (κ1) is 15.1. The topological polar surface area (TPSA) is 66.8 Å². The molecule has 0 aromatic rings. The molecule has 1 saturated heterocycles. The summed E-state index contributed by atoms with van der Waals surface area (Å²) in [5.41, 5.74) is -0.541. The molecule has 5 heteroatoms. The van der Waals surface area contributed by atoms with Gasteiger partial charge in [-0.15, -0.1) is 0 Å². The Kier molecular flexibility index (Phi) is 4.25. The van der Waals surface area contributed by atoms with Crippen LogP contribution in [0, 0.1) is 17.8 Å². The fraction of sp³-hybridized carbons (Fsp3) is 0.867. The van der Waals surface area contributed by atoms with E-state index in [0.717, 1.165) is 18.8 Å². The quantitative estimate of drug-likeness (QED) is 0.864. The van der Waals surface area contributed by atoms with Crippen molar-refractivity contribution < 1.29 is 19.4 Å². The van der Waals surface area contributed by atoms with Gasteiger partial charge in [-0.2, -0.15) is 0 Å². The smallest absolute Gasteiger partial charge is 0.410 e. The van der Waals surface area contributed by atoms with Crippen LogP contribution in [0.25, 0.3) is 0 Å². The summed E-state index contributed by atoms with van der Waals surface area (Å²) < 4.78 is 5.33. The van der Waals surface area contributed by atoms with Crippen molar-refractivity contribution in [2.24, 2.45) is 17.8 Å². The molecule has 1 heterocycles. The largest absolute Gasteiger partial charge is 0.481 e. The highest BCUT2D eigenvalue weighted by Gasteiger charge is 2.39. The standard InChI is InChI=1S/C15H25NO4/c1-15(2,3)20-14(19)16-7-6-11(8-10-4-5-10)12(9-16)13(17)18/h10-12H,4-9H2,1-3H3,(H,17,18)/t11-,12-/m1/s1. The number of likely N-dealkylation sites (tertiary alicyclic amines) is 1. The number of aliphatic carboxylic acids is 1. The summed E-state index contributed by atoms with van der Waals surface area (Å²) in [5.74, 6) is -0.311. The number of nitrogens with zero attached hydrogens (tertiary/aromatic N) is 1. The molecule has 2 aliphatic rings. The molecule has 114 valence electrons. The van der Waals surface area contributed by atoms with Crippen LogP contribution in [0.4, 0.5) is 4.79 Å². The van der Waals surface area contributed by atoms with Gasteiger partial charge in [-0.3, -0.25) is 4.79 Å². The minimum absolute atomic E-state index is 0.207. The third kappa shape index (κ3) is 4.12. The molecule has 1 aliphatic carbocycles. The van der Waals surface area contributed by atoms with Crippen molar-refractivity contribution in [2.45, 2.75) is 52.1 Å². The van der Waals surface area contributed by atoms with Gasteiger partial charge in [-0.05, 0) is 45.4 Å². The van der Waals surface area contributed by atoms with E-state index in [-0.39, 0.29) is 12.5 Å². The molecule has 5 nitrogen and oxygen atoms in total. The predicted octanol–water partition coefficient (Wildman–Crippen LogP) is 2.74. The molecular formula is C15H25NO4. The highest BCUT2D eigenvalue weighted by atomic mass is 16.6. The lowest BCUT2D eigenvalue weighted by atomic mass is 9.82. The lowest BCUT2D eigenvalue weighted by molar-refractivity contribution is -0.146. The van der Waals surface area contributed by atoms with E-state index in [1.54, 1.807) is 4.90 Å². The zero-order chi connectivity index (χ0) is 14.9. The zero-order valence-corrected chi connectivity index (χ0v) is 12.6. The average molecular weight is 283 g/mol. The summed E-state index contributed by atoms with van der Waals surface area (Å²) in [5, 5.41) is 9.40. The normalized spacial score (nSPS) is 27.2. The molecule has 0 spiro atoms. The molecule has 0 aromatic heterocycles. The van der Waals surface area contributed by atoms with E-state index >= 15 is 0 Å². The fourth-order valence-electron chi connectivity index (χ4n) is 2.84. The second-order valence-corrected chi connectivity index (χ2v) is 7.10. The van der Waals surface area contributed by atoms with Gasteiger partial charge in [0, 0.05) is 13.1 Å². The Balaban J connectivity index is 1.94. The highest BCUT2D eigenvalue weighted by Crippen LogP contribution is 2.40. The average Bonchev–Trinajstić information content (AvgIpc) is 3.10. The van der Waals surface area contributed by atoms with Gasteiger partial charge in [0.05, 0.1) is 5.92 Å². The van der Waals surface area contributed by atoms with Gasteiger partial charge in [0.2, 0.25) is 0 Å². The number of amides is 1. The first-order chi connectivity index (χ1) is 9.26. The van der Waals surface area contributed by atoms with Crippen LogP contribution in [0.15, 0.2) is 0 Å². The van der Waals surface area contributed by atoms with Crippen LogP contribution in [-0.2, 0) is 9.53 Å². The lowest BCUT2D eigenvalue weighted by Gasteiger charge is -2.37. The van der Waals surface area contributed by atoms with E-state index in [1.165, 1.54) is 12.8 Å². The second kappa shape index (κ2) is 5.62. The summed E-state index contributed by atoms with van der Waals surface area (Å²) in [6.45, 7) is 6.34. The van der Waals surface area contributed by atoms with Crippen LogP contribution < -0.4 is 0 Å². The van der Waals surface area contributed by atoms with Crippen molar-refractivity contribution in [3.8, 4) is 0 Å². The number of carbonyl (C=O) groups excluding carboxylic acids is 1. The molecule has 20 heavy (non-hydrogen) atoms. The number of hydrogen-bond donors (Lipinski definition) is 1. The number of ether oxygens (including phenoxy) is 1. The van der Waals surface area contributed by atoms with Crippen molar-refractivity contribution in [1.82, 2.24) is 4.90 Å². The van der Waals surface area contributed by atoms with Gasteiger partial charge >= 0.3 is 12.1 Å². The van der Waals surface area contributed by atoms with Gasteiger partial charge < -0.3 is 14.7 Å². The van der Waals surface area contributed by atoms with Gasteiger partial charge in [-0.25, -0.2) is 4.79 Å². The van der Waals surface area contributed by atoms with Crippen molar-refractivity contribution in [3.05, 3.63) is 0 Å². The molecular weight excluding hydrogens is 258 g/mol. The Labute approximate surface area is 120 Å². The number of hydrogen-bond acceptors (Lipinski definition) is 3. The number of rotatable bonds is 3. The van der Waals surface area contributed by atoms with E-state index < -0.39 is 23.6 Å². The summed E-state index contributed by atoms with van der Waals surface area (Å²) in [6.07, 6.45) is 3.84. The summed E-state index contributed by atoms with van der Waals surface area (Å²) in [4.78, 5) is 25.0. The summed E-state index contributed by atoms with van der Waals surface area (Å²) in [7, 11) is 0. The first-order valence-electron chi connectivity index (χ1n) is 7.47. The molecule has 1 N–H and O–H groups in total. The van der Waals surface area contributed by atoms with Crippen LogP contribution in [0.1, 0.15) is 46.5 Å². The molecule has 2 fully saturated rings. The Bertz CT molecular complexity index is 384. The lowest BCUT2D eigenvalue weighted by Crippen LogP contribution is -2.48. The number of carboxylic acid groups (broad SMARTS) is 1.